The molecule has 1 aromatic heterocycles. The third-order valence-electron chi connectivity index (χ3n) is 5.30. The van der Waals surface area contributed by atoms with Crippen molar-refractivity contribution in [2.45, 2.75) is 45.2 Å². The highest BCUT2D eigenvalue weighted by atomic mass is 16.2. The van der Waals surface area contributed by atoms with Gasteiger partial charge in [0.15, 0.2) is 0 Å². The van der Waals surface area contributed by atoms with Gasteiger partial charge >= 0.3 is 0 Å². The molecule has 27 heavy (non-hydrogen) atoms. The van der Waals surface area contributed by atoms with E-state index in [0.29, 0.717) is 10.9 Å². The summed E-state index contributed by atoms with van der Waals surface area (Å²) >= 11 is 0. The number of hydrogen-bond acceptors (Lipinski definition) is 3. The molecule has 1 N–H and O–H groups in total. The van der Waals surface area contributed by atoms with Gasteiger partial charge in [-0.3, -0.25) is 14.2 Å². The van der Waals surface area contributed by atoms with Gasteiger partial charge in [-0.1, -0.05) is 30.3 Å². The summed E-state index contributed by atoms with van der Waals surface area (Å²) < 4.78 is 1.36. The van der Waals surface area contributed by atoms with Gasteiger partial charge in [-0.25, -0.2) is 4.98 Å². The molecule has 2 aromatic carbocycles. The van der Waals surface area contributed by atoms with E-state index in [9.17, 15) is 9.59 Å². The van der Waals surface area contributed by atoms with E-state index in [1.807, 2.05) is 13.0 Å². The number of hydrogen-bond donors (Lipinski definition) is 1. The van der Waals surface area contributed by atoms with E-state index in [0.717, 1.165) is 18.4 Å². The Morgan fingerprint density at radius 2 is 1.93 bits per heavy atom. The number of amides is 1. The van der Waals surface area contributed by atoms with Crippen molar-refractivity contribution in [3.8, 4) is 0 Å². The highest BCUT2D eigenvalue weighted by molar-refractivity contribution is 5.79. The van der Waals surface area contributed by atoms with Gasteiger partial charge in [0, 0.05) is 0 Å². The first-order chi connectivity index (χ1) is 13.1. The maximum atomic E-state index is 12.5. The van der Waals surface area contributed by atoms with Crippen LogP contribution < -0.4 is 10.9 Å². The molecule has 0 aliphatic heterocycles. The maximum absolute atomic E-state index is 12.5. The van der Waals surface area contributed by atoms with Crippen molar-refractivity contribution in [2.24, 2.45) is 0 Å². The summed E-state index contributed by atoms with van der Waals surface area (Å²) in [6.45, 7) is 1.94. The van der Waals surface area contributed by atoms with Gasteiger partial charge in [-0.05, 0) is 61.4 Å². The molecule has 1 heterocycles. The molecule has 0 fully saturated rings. The predicted octanol–water partition coefficient (Wildman–Crippen LogP) is 3.15. The lowest BCUT2D eigenvalue weighted by Gasteiger charge is -2.20. The van der Waals surface area contributed by atoms with E-state index in [2.05, 4.69) is 28.5 Å². The SMILES string of the molecule is C[C@H](NC(=O)Cn1cnc2ccccc2c1=O)c1ccc2c(c1)CCCC2. The van der Waals surface area contributed by atoms with Crippen LogP contribution in [0.3, 0.4) is 0 Å². The van der Waals surface area contributed by atoms with E-state index in [1.165, 1.54) is 34.9 Å². The van der Waals surface area contributed by atoms with Gasteiger partial charge in [0.05, 0.1) is 23.3 Å². The lowest BCUT2D eigenvalue weighted by molar-refractivity contribution is -0.122. The summed E-state index contributed by atoms with van der Waals surface area (Å²) in [5.74, 6) is -0.195. The topological polar surface area (TPSA) is 64.0 Å². The molecule has 1 aliphatic rings. The predicted molar refractivity (Wildman–Crippen MR) is 106 cm³/mol. The summed E-state index contributed by atoms with van der Waals surface area (Å²) in [7, 11) is 0. The fourth-order valence-electron chi connectivity index (χ4n) is 3.77. The highest BCUT2D eigenvalue weighted by Crippen LogP contribution is 2.24. The van der Waals surface area contributed by atoms with Gasteiger partial charge in [0.25, 0.3) is 5.56 Å². The van der Waals surface area contributed by atoms with Crippen molar-refractivity contribution in [3.63, 3.8) is 0 Å². The molecular weight excluding hydrogens is 338 g/mol. The van der Waals surface area contributed by atoms with Crippen molar-refractivity contribution < 1.29 is 4.79 Å². The third-order valence-corrected chi connectivity index (χ3v) is 5.30. The van der Waals surface area contributed by atoms with E-state index >= 15 is 0 Å². The first-order valence-corrected chi connectivity index (χ1v) is 9.47. The quantitative estimate of drug-likeness (QED) is 0.776. The average Bonchev–Trinajstić information content (AvgIpc) is 2.70. The summed E-state index contributed by atoms with van der Waals surface area (Å²) in [5.41, 5.74) is 4.37. The van der Waals surface area contributed by atoms with Crippen LogP contribution in [0.1, 0.15) is 42.5 Å². The molecule has 1 amide bonds. The van der Waals surface area contributed by atoms with Crippen LogP contribution in [-0.4, -0.2) is 15.5 Å². The largest absolute Gasteiger partial charge is 0.348 e. The number of aryl methyl sites for hydroxylation is 2. The van der Waals surface area contributed by atoms with Gasteiger partial charge in [-0.15, -0.1) is 0 Å². The van der Waals surface area contributed by atoms with Crippen molar-refractivity contribution in [3.05, 3.63) is 75.8 Å². The van der Waals surface area contributed by atoms with Crippen molar-refractivity contribution >= 4 is 16.8 Å². The maximum Gasteiger partial charge on any atom is 0.261 e. The fourth-order valence-corrected chi connectivity index (χ4v) is 3.77. The molecule has 0 radical (unpaired) electrons. The molecule has 4 rings (SSSR count). The number of nitrogens with one attached hydrogen (secondary N) is 1. The normalized spacial score (nSPS) is 14.6. The zero-order chi connectivity index (χ0) is 18.8. The molecule has 3 aromatic rings. The summed E-state index contributed by atoms with van der Waals surface area (Å²) in [6.07, 6.45) is 6.19. The molecule has 5 heteroatoms. The van der Waals surface area contributed by atoms with Crippen molar-refractivity contribution in [1.29, 1.82) is 0 Å². The van der Waals surface area contributed by atoms with Gasteiger partial charge in [0.2, 0.25) is 5.91 Å². The first kappa shape index (κ1) is 17.5. The van der Waals surface area contributed by atoms with Crippen LogP contribution in [0.2, 0.25) is 0 Å². The second kappa shape index (κ2) is 7.35. The number of carbonyl (C=O) groups is 1. The second-order valence-electron chi connectivity index (χ2n) is 7.22. The van der Waals surface area contributed by atoms with E-state index < -0.39 is 0 Å². The van der Waals surface area contributed by atoms with Gasteiger partial charge < -0.3 is 5.32 Å². The molecule has 1 aliphatic carbocycles. The Morgan fingerprint density at radius 1 is 1.15 bits per heavy atom. The minimum absolute atomic E-state index is 0.0358. The lowest BCUT2D eigenvalue weighted by atomic mass is 9.89. The Kier molecular flexibility index (Phi) is 4.75. The number of carbonyl (C=O) groups excluding carboxylic acids is 1. The van der Waals surface area contributed by atoms with Crippen LogP contribution in [0.4, 0.5) is 0 Å². The Labute approximate surface area is 158 Å². The summed E-state index contributed by atoms with van der Waals surface area (Å²) in [5, 5.41) is 3.52. The fraction of sp³-hybridized carbons (Fsp3) is 0.318. The zero-order valence-electron chi connectivity index (χ0n) is 15.4. The number of aromatic nitrogens is 2. The molecule has 0 bridgehead atoms. The molecule has 1 atom stereocenters. The molecule has 0 saturated carbocycles. The average molecular weight is 361 g/mol. The monoisotopic (exact) mass is 361 g/mol. The molecule has 0 unspecified atom stereocenters. The second-order valence-corrected chi connectivity index (χ2v) is 7.22. The minimum Gasteiger partial charge on any atom is -0.348 e. The van der Waals surface area contributed by atoms with E-state index in [1.54, 1.807) is 18.2 Å². The Hall–Kier alpha value is -2.95. The van der Waals surface area contributed by atoms with Crippen molar-refractivity contribution in [1.82, 2.24) is 14.9 Å². The van der Waals surface area contributed by atoms with Crippen LogP contribution in [0.25, 0.3) is 10.9 Å². The number of para-hydroxylation sites is 1. The molecule has 5 nitrogen and oxygen atoms in total. The summed E-state index contributed by atoms with van der Waals surface area (Å²) in [4.78, 5) is 29.3. The standard InChI is InChI=1S/C22H23N3O2/c1-15(17-11-10-16-6-2-3-7-18(16)12-17)24-21(26)13-25-14-23-20-9-5-4-8-19(20)22(25)27/h4-5,8-12,14-15H,2-3,6-7,13H2,1H3,(H,24,26)/t15-/m0/s1. The Morgan fingerprint density at radius 3 is 2.78 bits per heavy atom. The zero-order valence-corrected chi connectivity index (χ0v) is 15.4. The van der Waals surface area contributed by atoms with Gasteiger partial charge in [0.1, 0.15) is 6.54 Å². The number of rotatable bonds is 4. The number of nitrogens with zero attached hydrogens (tertiary/aromatic N) is 2. The van der Waals surface area contributed by atoms with Crippen LogP contribution in [0.15, 0.2) is 53.6 Å². The van der Waals surface area contributed by atoms with Crippen molar-refractivity contribution in [2.75, 3.05) is 0 Å². The molecule has 0 spiro atoms. The molecule has 138 valence electrons. The molecule has 0 saturated heterocycles. The summed E-state index contributed by atoms with van der Waals surface area (Å²) in [6, 6.07) is 13.6. The van der Waals surface area contributed by atoms with Gasteiger partial charge in [-0.2, -0.15) is 0 Å². The smallest absolute Gasteiger partial charge is 0.261 e. The van der Waals surface area contributed by atoms with Crippen LogP contribution >= 0.6 is 0 Å². The first-order valence-electron chi connectivity index (χ1n) is 9.47. The van der Waals surface area contributed by atoms with E-state index in [4.69, 9.17) is 0 Å². The number of fused-ring (bicyclic) bond motifs is 2. The number of benzene rings is 2. The Bertz CT molecular complexity index is 1050. The van der Waals surface area contributed by atoms with Crippen LogP contribution in [-0.2, 0) is 24.2 Å². The lowest BCUT2D eigenvalue weighted by Crippen LogP contribution is -2.34. The Balaban J connectivity index is 1.48. The van der Waals surface area contributed by atoms with E-state index in [-0.39, 0.29) is 24.1 Å². The minimum atomic E-state index is -0.197. The third kappa shape index (κ3) is 3.63. The highest BCUT2D eigenvalue weighted by Gasteiger charge is 2.15. The van der Waals surface area contributed by atoms with Crippen LogP contribution in [0.5, 0.6) is 0 Å². The van der Waals surface area contributed by atoms with Crippen LogP contribution in [0, 0.1) is 0 Å². The molecular formula is C22H23N3O2.